The highest BCUT2D eigenvalue weighted by molar-refractivity contribution is 5.89. The van der Waals surface area contributed by atoms with Crippen molar-refractivity contribution in [1.82, 2.24) is 5.32 Å². The van der Waals surface area contributed by atoms with E-state index in [1.54, 1.807) is 12.1 Å². The van der Waals surface area contributed by atoms with Gasteiger partial charge in [-0.2, -0.15) is 0 Å². The van der Waals surface area contributed by atoms with Crippen molar-refractivity contribution in [2.75, 3.05) is 0 Å². The predicted octanol–water partition coefficient (Wildman–Crippen LogP) is 4.97. The SMILES string of the molecule is CC1(C)[C@H]2CC[C@@]1(C)[C@@H](NC(=O)C1(c3cccc(F)c3)CCCC1)C2. The summed E-state index contributed by atoms with van der Waals surface area (Å²) in [6.07, 6.45) is 7.32. The average molecular weight is 343 g/mol. The summed E-state index contributed by atoms with van der Waals surface area (Å²) < 4.78 is 13.8. The number of halogens is 1. The van der Waals surface area contributed by atoms with Crippen LogP contribution in [0.3, 0.4) is 0 Å². The van der Waals surface area contributed by atoms with Gasteiger partial charge in [-0.15, -0.1) is 0 Å². The molecule has 1 aromatic carbocycles. The fraction of sp³-hybridized carbons (Fsp3) is 0.682. The van der Waals surface area contributed by atoms with Crippen LogP contribution in [-0.2, 0) is 10.2 Å². The Balaban J connectivity index is 1.61. The second-order valence-electron chi connectivity index (χ2n) is 9.44. The van der Waals surface area contributed by atoms with Crippen LogP contribution in [0, 0.1) is 22.6 Å². The molecule has 3 atom stereocenters. The first-order valence-electron chi connectivity index (χ1n) is 9.87. The number of amides is 1. The molecule has 0 saturated heterocycles. The molecular formula is C22H30FNO. The first kappa shape index (κ1) is 17.1. The van der Waals surface area contributed by atoms with E-state index in [0.29, 0.717) is 5.92 Å². The van der Waals surface area contributed by atoms with Gasteiger partial charge in [-0.05, 0) is 66.5 Å². The first-order chi connectivity index (χ1) is 11.8. The maximum Gasteiger partial charge on any atom is 0.230 e. The third-order valence-corrected chi connectivity index (χ3v) is 8.37. The van der Waals surface area contributed by atoms with Crippen LogP contribution in [0.1, 0.15) is 71.3 Å². The van der Waals surface area contributed by atoms with E-state index in [-0.39, 0.29) is 28.6 Å². The van der Waals surface area contributed by atoms with E-state index in [1.807, 2.05) is 6.07 Å². The summed E-state index contributed by atoms with van der Waals surface area (Å²) in [4.78, 5) is 13.4. The van der Waals surface area contributed by atoms with E-state index in [1.165, 1.54) is 18.9 Å². The van der Waals surface area contributed by atoms with Gasteiger partial charge in [0.15, 0.2) is 0 Å². The van der Waals surface area contributed by atoms with E-state index < -0.39 is 5.41 Å². The van der Waals surface area contributed by atoms with E-state index in [9.17, 15) is 9.18 Å². The van der Waals surface area contributed by atoms with Crippen molar-refractivity contribution in [3.05, 3.63) is 35.6 Å². The molecule has 25 heavy (non-hydrogen) atoms. The van der Waals surface area contributed by atoms with Gasteiger partial charge < -0.3 is 5.32 Å². The predicted molar refractivity (Wildman–Crippen MR) is 97.7 cm³/mol. The van der Waals surface area contributed by atoms with Crippen molar-refractivity contribution in [2.45, 2.75) is 77.2 Å². The van der Waals surface area contributed by atoms with Crippen molar-refractivity contribution < 1.29 is 9.18 Å². The maximum atomic E-state index is 13.8. The lowest BCUT2D eigenvalue weighted by molar-refractivity contribution is -0.128. The lowest BCUT2D eigenvalue weighted by Crippen LogP contribution is -2.52. The van der Waals surface area contributed by atoms with Crippen LogP contribution >= 0.6 is 0 Å². The molecule has 3 fully saturated rings. The Morgan fingerprint density at radius 1 is 1.16 bits per heavy atom. The number of carbonyl (C=O) groups is 1. The highest BCUT2D eigenvalue weighted by Crippen LogP contribution is 2.65. The molecule has 1 aromatic rings. The van der Waals surface area contributed by atoms with Gasteiger partial charge in [0.1, 0.15) is 5.82 Å². The third-order valence-electron chi connectivity index (χ3n) is 8.37. The van der Waals surface area contributed by atoms with Crippen molar-refractivity contribution in [1.29, 1.82) is 0 Å². The van der Waals surface area contributed by atoms with Gasteiger partial charge in [0.25, 0.3) is 0 Å². The van der Waals surface area contributed by atoms with Crippen LogP contribution in [0.5, 0.6) is 0 Å². The number of hydrogen-bond acceptors (Lipinski definition) is 1. The summed E-state index contributed by atoms with van der Waals surface area (Å²) in [6, 6.07) is 6.95. The van der Waals surface area contributed by atoms with Gasteiger partial charge in [0.05, 0.1) is 5.41 Å². The minimum Gasteiger partial charge on any atom is -0.352 e. The molecule has 0 heterocycles. The molecule has 0 aromatic heterocycles. The molecule has 3 saturated carbocycles. The highest BCUT2D eigenvalue weighted by Gasteiger charge is 2.62. The number of fused-ring (bicyclic) bond motifs is 2. The standard InChI is InChI=1S/C22H30FNO/c1-20(2)15-9-12-21(20,3)18(14-15)24-19(25)22(10-4-5-11-22)16-7-6-8-17(23)13-16/h6-8,13,15,18H,4-5,9-12,14H2,1-3H3,(H,24,25)/t15-,18-,21-/m0/s1. The number of rotatable bonds is 3. The first-order valence-corrected chi connectivity index (χ1v) is 9.87. The van der Waals surface area contributed by atoms with E-state index >= 15 is 0 Å². The summed E-state index contributed by atoms with van der Waals surface area (Å²) in [5.41, 5.74) is 0.779. The zero-order valence-electron chi connectivity index (χ0n) is 15.7. The quantitative estimate of drug-likeness (QED) is 0.825. The molecule has 0 unspecified atom stereocenters. The molecule has 3 aliphatic rings. The molecule has 0 aliphatic heterocycles. The second-order valence-corrected chi connectivity index (χ2v) is 9.44. The van der Waals surface area contributed by atoms with Crippen LogP contribution in [0.2, 0.25) is 0 Å². The van der Waals surface area contributed by atoms with E-state index in [2.05, 4.69) is 26.1 Å². The third kappa shape index (κ3) is 2.30. The lowest BCUT2D eigenvalue weighted by atomic mass is 9.68. The van der Waals surface area contributed by atoms with Crippen molar-refractivity contribution >= 4 is 5.91 Å². The van der Waals surface area contributed by atoms with Gasteiger partial charge in [-0.3, -0.25) is 4.79 Å². The Bertz CT molecular complexity index is 691. The Hall–Kier alpha value is -1.38. The van der Waals surface area contributed by atoms with Crippen molar-refractivity contribution in [2.24, 2.45) is 16.7 Å². The topological polar surface area (TPSA) is 29.1 Å². The molecule has 136 valence electrons. The van der Waals surface area contributed by atoms with Gasteiger partial charge in [-0.1, -0.05) is 45.7 Å². The van der Waals surface area contributed by atoms with Gasteiger partial charge in [0, 0.05) is 6.04 Å². The minimum absolute atomic E-state index is 0.130. The lowest BCUT2D eigenvalue weighted by Gasteiger charge is -2.41. The summed E-state index contributed by atoms with van der Waals surface area (Å²) in [5, 5.41) is 3.45. The fourth-order valence-corrected chi connectivity index (χ4v) is 6.13. The molecule has 3 heteroatoms. The Morgan fingerprint density at radius 2 is 1.88 bits per heavy atom. The Labute approximate surface area is 150 Å². The smallest absolute Gasteiger partial charge is 0.230 e. The fourth-order valence-electron chi connectivity index (χ4n) is 6.13. The monoisotopic (exact) mass is 343 g/mol. The Kier molecular flexibility index (Phi) is 3.79. The van der Waals surface area contributed by atoms with Gasteiger partial charge in [-0.25, -0.2) is 4.39 Å². The van der Waals surface area contributed by atoms with Crippen molar-refractivity contribution in [3.63, 3.8) is 0 Å². The molecule has 4 rings (SSSR count). The Morgan fingerprint density at radius 3 is 2.44 bits per heavy atom. The largest absolute Gasteiger partial charge is 0.352 e. The van der Waals surface area contributed by atoms with E-state index in [0.717, 1.165) is 37.7 Å². The molecule has 2 nitrogen and oxygen atoms in total. The van der Waals surface area contributed by atoms with Crippen LogP contribution in [-0.4, -0.2) is 11.9 Å². The number of benzene rings is 1. The minimum atomic E-state index is -0.537. The second kappa shape index (κ2) is 5.56. The molecule has 2 bridgehead atoms. The van der Waals surface area contributed by atoms with Crippen molar-refractivity contribution in [3.8, 4) is 0 Å². The molecule has 0 radical (unpaired) electrons. The average Bonchev–Trinajstić information content (AvgIpc) is 3.19. The normalized spacial score (nSPS) is 35.0. The number of hydrogen-bond donors (Lipinski definition) is 1. The summed E-state index contributed by atoms with van der Waals surface area (Å²) in [7, 11) is 0. The number of nitrogens with one attached hydrogen (secondary N) is 1. The molecule has 3 aliphatic carbocycles. The van der Waals surface area contributed by atoms with Gasteiger partial charge >= 0.3 is 0 Å². The summed E-state index contributed by atoms with van der Waals surface area (Å²) >= 11 is 0. The zero-order chi connectivity index (χ0) is 17.9. The van der Waals surface area contributed by atoms with Crippen LogP contribution in [0.25, 0.3) is 0 Å². The highest BCUT2D eigenvalue weighted by atomic mass is 19.1. The van der Waals surface area contributed by atoms with Crippen LogP contribution in [0.4, 0.5) is 4.39 Å². The molecule has 0 spiro atoms. The molecule has 1 N–H and O–H groups in total. The molecular weight excluding hydrogens is 313 g/mol. The van der Waals surface area contributed by atoms with E-state index in [4.69, 9.17) is 0 Å². The van der Waals surface area contributed by atoms with Crippen LogP contribution in [0.15, 0.2) is 24.3 Å². The maximum absolute atomic E-state index is 13.8. The van der Waals surface area contributed by atoms with Gasteiger partial charge in [0.2, 0.25) is 5.91 Å². The zero-order valence-corrected chi connectivity index (χ0v) is 15.7. The van der Waals surface area contributed by atoms with Crippen LogP contribution < -0.4 is 5.32 Å². The number of carbonyl (C=O) groups excluding carboxylic acids is 1. The summed E-state index contributed by atoms with van der Waals surface area (Å²) in [5.74, 6) is 0.589. The molecule has 1 amide bonds. The summed E-state index contributed by atoms with van der Waals surface area (Å²) in [6.45, 7) is 7.10.